The maximum Gasteiger partial charge on any atom is 0.416 e. The summed E-state index contributed by atoms with van der Waals surface area (Å²) in [6.45, 7) is 2.08. The van der Waals surface area contributed by atoms with E-state index in [1.807, 2.05) is 36.4 Å². The first kappa shape index (κ1) is 27.4. The van der Waals surface area contributed by atoms with E-state index in [9.17, 15) is 27.6 Å². The topological polar surface area (TPSA) is 75.7 Å². The van der Waals surface area contributed by atoms with E-state index in [1.165, 1.54) is 12.1 Å². The minimum atomic E-state index is -4.48. The first-order valence-corrected chi connectivity index (χ1v) is 12.8. The lowest BCUT2D eigenvalue weighted by atomic mass is 9.66. The molecular weight excluding hydrogens is 497 g/mol. The number of ether oxygens (including phenoxy) is 1. The van der Waals surface area contributed by atoms with Crippen LogP contribution in [-0.2, 0) is 38.4 Å². The number of fused-ring (bicyclic) bond motifs is 1. The average molecular weight is 529 g/mol. The van der Waals surface area contributed by atoms with Gasteiger partial charge in [-0.15, -0.1) is 0 Å². The van der Waals surface area contributed by atoms with Crippen LogP contribution in [0.1, 0.15) is 55.7 Å². The van der Waals surface area contributed by atoms with Crippen molar-refractivity contribution in [1.82, 2.24) is 10.2 Å². The molecule has 4 rings (SSSR count). The smallest absolute Gasteiger partial charge is 0.416 e. The highest BCUT2D eigenvalue weighted by Crippen LogP contribution is 2.50. The summed E-state index contributed by atoms with van der Waals surface area (Å²) < 4.78 is 44.6. The molecule has 1 aliphatic heterocycles. The van der Waals surface area contributed by atoms with Gasteiger partial charge in [0.2, 0.25) is 11.8 Å². The molecule has 0 radical (unpaired) electrons. The van der Waals surface area contributed by atoms with Gasteiger partial charge in [0, 0.05) is 24.6 Å². The lowest BCUT2D eigenvalue weighted by molar-refractivity contribution is -0.162. The highest BCUT2D eigenvalue weighted by atomic mass is 19.4. The van der Waals surface area contributed by atoms with Gasteiger partial charge >= 0.3 is 12.1 Å². The van der Waals surface area contributed by atoms with E-state index in [1.54, 1.807) is 11.8 Å². The van der Waals surface area contributed by atoms with Crippen LogP contribution in [0.2, 0.25) is 0 Å². The predicted octanol–water partition coefficient (Wildman–Crippen LogP) is 5.38. The Bertz CT molecular complexity index is 1210. The number of amides is 2. The molecule has 2 amide bonds. The minimum Gasteiger partial charge on any atom is -0.465 e. The Kier molecular flexibility index (Phi) is 8.23. The Hall–Kier alpha value is -3.62. The third-order valence-electron chi connectivity index (χ3n) is 7.16. The molecule has 2 aromatic rings. The van der Waals surface area contributed by atoms with E-state index in [0.717, 1.165) is 30.5 Å². The van der Waals surface area contributed by atoms with Crippen molar-refractivity contribution in [2.45, 2.75) is 58.3 Å². The summed E-state index contributed by atoms with van der Waals surface area (Å²) in [6, 6.07) is 14.2. The number of carbonyl (C=O) groups excluding carboxylic acids is 3. The Balaban J connectivity index is 1.55. The zero-order chi connectivity index (χ0) is 27.3. The van der Waals surface area contributed by atoms with Gasteiger partial charge in [-0.2, -0.15) is 13.2 Å². The van der Waals surface area contributed by atoms with Crippen molar-refractivity contribution in [1.29, 1.82) is 0 Å². The molecule has 2 atom stereocenters. The van der Waals surface area contributed by atoms with Crippen molar-refractivity contribution in [2.75, 3.05) is 6.61 Å². The van der Waals surface area contributed by atoms with Gasteiger partial charge in [0.25, 0.3) is 0 Å². The van der Waals surface area contributed by atoms with Crippen molar-refractivity contribution in [2.24, 2.45) is 11.3 Å². The van der Waals surface area contributed by atoms with Crippen LogP contribution in [0.3, 0.4) is 0 Å². The summed E-state index contributed by atoms with van der Waals surface area (Å²) in [5.41, 5.74) is 0.00477. The molecule has 0 unspecified atom stereocenters. The molecule has 1 aliphatic carbocycles. The molecule has 202 valence electrons. The van der Waals surface area contributed by atoms with Gasteiger partial charge in [-0.3, -0.25) is 14.4 Å². The number of allylic oxidation sites excluding steroid dienone is 1. The summed E-state index contributed by atoms with van der Waals surface area (Å²) in [4.78, 5) is 41.5. The van der Waals surface area contributed by atoms with Crippen LogP contribution >= 0.6 is 0 Å². The fourth-order valence-electron chi connectivity index (χ4n) is 5.39. The molecule has 1 saturated heterocycles. The molecule has 0 spiro atoms. The normalized spacial score (nSPS) is 21.4. The molecule has 1 heterocycles. The number of hydrogen-bond donors (Lipinski definition) is 1. The van der Waals surface area contributed by atoms with Crippen LogP contribution in [0, 0.1) is 11.3 Å². The molecule has 0 aromatic heterocycles. The molecule has 6 nitrogen and oxygen atoms in total. The fraction of sp³-hybridized carbons (Fsp3) is 0.414. The van der Waals surface area contributed by atoms with Crippen LogP contribution in [0.5, 0.6) is 0 Å². The SMILES string of the molecule is CCOC(=O)[C@]12CCCC=C1N(Cc1ccccc1)C(=O)[C@H](CC(=O)NCc1cccc(C(F)(F)F)c1)C2. The average Bonchev–Trinajstić information content (AvgIpc) is 2.90. The van der Waals surface area contributed by atoms with E-state index < -0.39 is 34.9 Å². The van der Waals surface area contributed by atoms with E-state index in [2.05, 4.69) is 5.32 Å². The lowest BCUT2D eigenvalue weighted by Gasteiger charge is -2.48. The van der Waals surface area contributed by atoms with Gasteiger partial charge in [0.15, 0.2) is 0 Å². The first-order chi connectivity index (χ1) is 18.1. The number of alkyl halides is 3. The standard InChI is InChI=1S/C29H31F3N2O4/c1-2-38-27(37)28-14-7-6-13-24(28)34(19-20-9-4-3-5-10-20)26(36)22(17-28)16-25(35)33-18-21-11-8-12-23(15-21)29(30,31)32/h3-5,8-13,15,22H,2,6-7,14,16-19H2,1H3,(H,33,35)/t22-,28+/m1/s1. The summed E-state index contributed by atoms with van der Waals surface area (Å²) in [6.07, 6.45) is -0.579. The van der Waals surface area contributed by atoms with Crippen LogP contribution in [0.15, 0.2) is 66.4 Å². The van der Waals surface area contributed by atoms with Gasteiger partial charge in [-0.25, -0.2) is 0 Å². The summed E-state index contributed by atoms with van der Waals surface area (Å²) in [5, 5.41) is 2.64. The second kappa shape index (κ2) is 11.4. The molecule has 1 N–H and O–H groups in total. The number of nitrogens with zero attached hydrogens (tertiary/aromatic N) is 1. The molecule has 38 heavy (non-hydrogen) atoms. The number of esters is 1. The quantitative estimate of drug-likeness (QED) is 0.467. The molecule has 0 bridgehead atoms. The monoisotopic (exact) mass is 528 g/mol. The molecule has 2 aliphatic rings. The van der Waals surface area contributed by atoms with Crippen LogP contribution in [-0.4, -0.2) is 29.3 Å². The summed E-state index contributed by atoms with van der Waals surface area (Å²) in [5.74, 6) is -1.90. The number of halogens is 3. The van der Waals surface area contributed by atoms with Crippen molar-refractivity contribution < 1.29 is 32.3 Å². The lowest BCUT2D eigenvalue weighted by Crippen LogP contribution is -2.54. The number of rotatable bonds is 8. The Morgan fingerprint density at radius 3 is 2.55 bits per heavy atom. The molecule has 2 aromatic carbocycles. The van der Waals surface area contributed by atoms with Gasteiger partial charge in [0.05, 0.1) is 18.7 Å². The zero-order valence-electron chi connectivity index (χ0n) is 21.2. The Morgan fingerprint density at radius 2 is 1.84 bits per heavy atom. The summed E-state index contributed by atoms with van der Waals surface area (Å²) in [7, 11) is 0. The maximum atomic E-state index is 13.7. The molecule has 0 saturated carbocycles. The Morgan fingerprint density at radius 1 is 1.11 bits per heavy atom. The number of carbonyl (C=O) groups is 3. The zero-order valence-corrected chi connectivity index (χ0v) is 21.2. The van der Waals surface area contributed by atoms with Crippen LogP contribution < -0.4 is 5.32 Å². The van der Waals surface area contributed by atoms with Crippen molar-refractivity contribution in [3.05, 3.63) is 83.1 Å². The third-order valence-corrected chi connectivity index (χ3v) is 7.16. The largest absolute Gasteiger partial charge is 0.465 e. The third kappa shape index (κ3) is 5.92. The van der Waals surface area contributed by atoms with E-state index >= 15 is 0 Å². The van der Waals surface area contributed by atoms with Gasteiger partial charge in [-0.05, 0) is 55.9 Å². The van der Waals surface area contributed by atoms with Crippen molar-refractivity contribution in [3.8, 4) is 0 Å². The number of nitrogens with one attached hydrogen (secondary N) is 1. The second-order valence-electron chi connectivity index (χ2n) is 9.77. The van der Waals surface area contributed by atoms with Crippen LogP contribution in [0.25, 0.3) is 0 Å². The maximum absolute atomic E-state index is 13.7. The van der Waals surface area contributed by atoms with E-state index in [-0.39, 0.29) is 38.4 Å². The highest BCUT2D eigenvalue weighted by molar-refractivity contribution is 5.92. The fourth-order valence-corrected chi connectivity index (χ4v) is 5.39. The van der Waals surface area contributed by atoms with E-state index in [0.29, 0.717) is 17.7 Å². The number of hydrogen-bond acceptors (Lipinski definition) is 4. The number of benzene rings is 2. The predicted molar refractivity (Wildman–Crippen MR) is 134 cm³/mol. The van der Waals surface area contributed by atoms with Crippen LogP contribution in [0.4, 0.5) is 13.2 Å². The molecular formula is C29H31F3N2O4. The summed E-state index contributed by atoms with van der Waals surface area (Å²) >= 11 is 0. The van der Waals surface area contributed by atoms with Gasteiger partial charge in [-0.1, -0.05) is 48.5 Å². The van der Waals surface area contributed by atoms with Gasteiger partial charge in [0.1, 0.15) is 5.41 Å². The minimum absolute atomic E-state index is 0.106. The van der Waals surface area contributed by atoms with Crippen molar-refractivity contribution >= 4 is 17.8 Å². The number of piperidine rings is 1. The van der Waals surface area contributed by atoms with Gasteiger partial charge < -0.3 is 15.0 Å². The molecule has 9 heteroatoms. The Labute approximate surface area is 219 Å². The highest BCUT2D eigenvalue weighted by Gasteiger charge is 2.54. The molecule has 1 fully saturated rings. The van der Waals surface area contributed by atoms with E-state index in [4.69, 9.17) is 4.74 Å². The second-order valence-corrected chi connectivity index (χ2v) is 9.77. The van der Waals surface area contributed by atoms with Crippen molar-refractivity contribution in [3.63, 3.8) is 0 Å². The first-order valence-electron chi connectivity index (χ1n) is 12.8. The number of likely N-dealkylation sites (tertiary alicyclic amines) is 1.